The number of ether oxygens (including phenoxy) is 1. The number of rotatable bonds is 6. The summed E-state index contributed by atoms with van der Waals surface area (Å²) in [4.78, 5) is 24.9. The van der Waals surface area contributed by atoms with E-state index in [0.717, 1.165) is 31.5 Å². The Morgan fingerprint density at radius 2 is 1.96 bits per heavy atom. The fourth-order valence-electron chi connectivity index (χ4n) is 2.32. The summed E-state index contributed by atoms with van der Waals surface area (Å²) in [5.41, 5.74) is 3.02. The molecule has 24 heavy (non-hydrogen) atoms. The molecule has 0 aliphatic carbocycles. The first-order chi connectivity index (χ1) is 11.7. The smallest absolute Gasteiger partial charge is 0.260 e. The highest BCUT2D eigenvalue weighted by Gasteiger charge is 2.16. The van der Waals surface area contributed by atoms with Gasteiger partial charge in [-0.1, -0.05) is 0 Å². The van der Waals surface area contributed by atoms with Gasteiger partial charge in [0.1, 0.15) is 12.2 Å². The van der Waals surface area contributed by atoms with E-state index >= 15 is 0 Å². The summed E-state index contributed by atoms with van der Waals surface area (Å²) >= 11 is 0. The molecule has 0 spiro atoms. The quantitative estimate of drug-likeness (QED) is 0.631. The van der Waals surface area contributed by atoms with Crippen molar-refractivity contribution in [2.75, 3.05) is 19.7 Å². The minimum atomic E-state index is -0.454. The van der Waals surface area contributed by atoms with Crippen LogP contribution in [-0.2, 0) is 9.59 Å². The summed E-state index contributed by atoms with van der Waals surface area (Å²) in [6, 6.07) is 8.74. The summed E-state index contributed by atoms with van der Waals surface area (Å²) in [5, 5.41) is 12.1. The first-order valence-corrected chi connectivity index (χ1v) is 7.88. The van der Waals surface area contributed by atoms with Gasteiger partial charge in [-0.05, 0) is 49.1 Å². The number of likely N-dealkylation sites (tertiary alicyclic amines) is 1. The summed E-state index contributed by atoms with van der Waals surface area (Å²) in [6.45, 7) is 1.67. The molecule has 1 fully saturated rings. The van der Waals surface area contributed by atoms with Crippen molar-refractivity contribution < 1.29 is 14.3 Å². The molecule has 1 aromatic rings. The molecule has 1 heterocycles. The molecular weight excluding hydrogens is 308 g/mol. The van der Waals surface area contributed by atoms with Crippen LogP contribution in [0.25, 0.3) is 0 Å². The van der Waals surface area contributed by atoms with E-state index in [1.807, 2.05) is 4.90 Å². The zero-order valence-corrected chi connectivity index (χ0v) is 13.4. The molecule has 1 saturated heterocycles. The highest BCUT2D eigenvalue weighted by Crippen LogP contribution is 2.13. The van der Waals surface area contributed by atoms with Crippen molar-refractivity contribution in [1.29, 1.82) is 5.26 Å². The third-order valence-electron chi connectivity index (χ3n) is 3.59. The normalized spacial score (nSPS) is 14.2. The van der Waals surface area contributed by atoms with Crippen molar-refractivity contribution in [2.45, 2.75) is 25.7 Å². The van der Waals surface area contributed by atoms with Gasteiger partial charge in [0.15, 0.2) is 6.61 Å². The fraction of sp³-hybridized carbons (Fsp3) is 0.412. The van der Waals surface area contributed by atoms with E-state index in [4.69, 9.17) is 10.00 Å². The Labute approximate surface area is 140 Å². The van der Waals surface area contributed by atoms with Gasteiger partial charge in [-0.2, -0.15) is 10.4 Å². The Bertz CT molecular complexity index is 628. The number of piperidine rings is 1. The van der Waals surface area contributed by atoms with Crippen LogP contribution in [0.2, 0.25) is 0 Å². The largest absolute Gasteiger partial charge is 0.484 e. The number of amides is 2. The Morgan fingerprint density at radius 3 is 2.62 bits per heavy atom. The van der Waals surface area contributed by atoms with E-state index in [1.165, 1.54) is 12.6 Å². The van der Waals surface area contributed by atoms with Gasteiger partial charge >= 0.3 is 0 Å². The number of hydrogen-bond acceptors (Lipinski definition) is 5. The second-order valence-corrected chi connectivity index (χ2v) is 5.43. The Balaban J connectivity index is 1.77. The van der Waals surface area contributed by atoms with Crippen LogP contribution >= 0.6 is 0 Å². The predicted molar refractivity (Wildman–Crippen MR) is 88.3 cm³/mol. The van der Waals surface area contributed by atoms with Crippen molar-refractivity contribution in [3.63, 3.8) is 0 Å². The maximum Gasteiger partial charge on any atom is 0.260 e. The molecule has 7 heteroatoms. The molecule has 2 rings (SSSR count). The minimum Gasteiger partial charge on any atom is -0.484 e. The minimum absolute atomic E-state index is 0.0144. The zero-order chi connectivity index (χ0) is 17.2. The molecule has 0 saturated carbocycles. The average molecular weight is 328 g/mol. The summed E-state index contributed by atoms with van der Waals surface area (Å²) < 4.78 is 5.51. The number of hydrazone groups is 1. The Kier molecular flexibility index (Phi) is 6.77. The molecule has 0 bridgehead atoms. The molecular formula is C17H20N4O3. The molecule has 1 N–H and O–H groups in total. The lowest BCUT2D eigenvalue weighted by molar-refractivity contribution is -0.134. The van der Waals surface area contributed by atoms with Gasteiger partial charge in [-0.15, -0.1) is 0 Å². The molecule has 0 radical (unpaired) electrons. The molecule has 0 unspecified atom stereocenters. The second-order valence-electron chi connectivity index (χ2n) is 5.43. The van der Waals surface area contributed by atoms with Gasteiger partial charge in [0.2, 0.25) is 0 Å². The first kappa shape index (κ1) is 17.5. The lowest BCUT2D eigenvalue weighted by Gasteiger charge is -2.26. The number of carbonyl (C=O) groups excluding carboxylic acids is 2. The van der Waals surface area contributed by atoms with Gasteiger partial charge < -0.3 is 9.64 Å². The van der Waals surface area contributed by atoms with Crippen molar-refractivity contribution in [3.8, 4) is 11.8 Å². The van der Waals surface area contributed by atoms with Crippen molar-refractivity contribution >= 4 is 18.0 Å². The molecule has 0 aromatic heterocycles. The Hall–Kier alpha value is -2.88. The standard InChI is InChI=1S/C17H20N4O3/c18-9-8-16(22)20-19-12-14-4-6-15(7-5-14)24-13-17(23)21-10-2-1-3-11-21/h4-7,12H,1-3,8,10-11,13H2,(H,20,22). The molecule has 1 aromatic carbocycles. The van der Waals surface area contributed by atoms with Crippen LogP contribution in [0.5, 0.6) is 5.75 Å². The van der Waals surface area contributed by atoms with E-state index in [2.05, 4.69) is 10.5 Å². The van der Waals surface area contributed by atoms with Crippen LogP contribution < -0.4 is 10.2 Å². The zero-order valence-electron chi connectivity index (χ0n) is 13.4. The van der Waals surface area contributed by atoms with Crippen molar-refractivity contribution in [3.05, 3.63) is 29.8 Å². The van der Waals surface area contributed by atoms with E-state index in [9.17, 15) is 9.59 Å². The van der Waals surface area contributed by atoms with E-state index in [0.29, 0.717) is 5.75 Å². The highest BCUT2D eigenvalue weighted by molar-refractivity contribution is 5.83. The molecule has 7 nitrogen and oxygen atoms in total. The molecule has 0 atom stereocenters. The lowest BCUT2D eigenvalue weighted by atomic mass is 10.1. The molecule has 2 amide bonds. The van der Waals surface area contributed by atoms with Crippen molar-refractivity contribution in [1.82, 2.24) is 10.3 Å². The fourth-order valence-corrected chi connectivity index (χ4v) is 2.32. The van der Waals surface area contributed by atoms with Gasteiger partial charge in [0, 0.05) is 13.1 Å². The number of nitrogens with zero attached hydrogens (tertiary/aromatic N) is 3. The number of nitrogens with one attached hydrogen (secondary N) is 1. The van der Waals surface area contributed by atoms with E-state index in [1.54, 1.807) is 30.3 Å². The van der Waals surface area contributed by atoms with Crippen LogP contribution in [-0.4, -0.2) is 42.6 Å². The summed E-state index contributed by atoms with van der Waals surface area (Å²) in [7, 11) is 0. The number of benzene rings is 1. The maximum atomic E-state index is 12.0. The summed E-state index contributed by atoms with van der Waals surface area (Å²) in [6.07, 6.45) is 4.55. The van der Waals surface area contributed by atoms with Gasteiger partial charge in [-0.25, -0.2) is 5.43 Å². The topological polar surface area (TPSA) is 94.8 Å². The van der Waals surface area contributed by atoms with E-state index in [-0.39, 0.29) is 18.9 Å². The number of nitriles is 1. The maximum absolute atomic E-state index is 12.0. The van der Waals surface area contributed by atoms with Crippen molar-refractivity contribution in [2.24, 2.45) is 5.10 Å². The third-order valence-corrected chi connectivity index (χ3v) is 3.59. The van der Waals surface area contributed by atoms with Crippen LogP contribution in [0.1, 0.15) is 31.2 Å². The molecule has 126 valence electrons. The molecule has 1 aliphatic heterocycles. The van der Waals surface area contributed by atoms with Gasteiger partial charge in [0.05, 0.1) is 12.3 Å². The number of hydrogen-bond donors (Lipinski definition) is 1. The lowest BCUT2D eigenvalue weighted by Crippen LogP contribution is -2.38. The Morgan fingerprint density at radius 1 is 1.25 bits per heavy atom. The van der Waals surface area contributed by atoms with E-state index < -0.39 is 5.91 Å². The molecule has 1 aliphatic rings. The van der Waals surface area contributed by atoms with Crippen LogP contribution in [0.3, 0.4) is 0 Å². The monoisotopic (exact) mass is 328 g/mol. The average Bonchev–Trinajstić information content (AvgIpc) is 2.62. The highest BCUT2D eigenvalue weighted by atomic mass is 16.5. The third kappa shape index (κ3) is 5.72. The summed E-state index contributed by atoms with van der Waals surface area (Å²) in [5.74, 6) is 0.163. The van der Waals surface area contributed by atoms with Gasteiger partial charge in [0.25, 0.3) is 11.8 Å². The SMILES string of the molecule is N#CCC(=O)NN=Cc1ccc(OCC(=O)N2CCCCC2)cc1. The predicted octanol–water partition coefficient (Wildman–Crippen LogP) is 1.44. The number of carbonyl (C=O) groups is 2. The van der Waals surface area contributed by atoms with Crippen LogP contribution in [0.4, 0.5) is 0 Å². The second kappa shape index (κ2) is 9.30. The van der Waals surface area contributed by atoms with Crippen LogP contribution in [0, 0.1) is 11.3 Å². The first-order valence-electron chi connectivity index (χ1n) is 7.88. The van der Waals surface area contributed by atoms with Gasteiger partial charge in [-0.3, -0.25) is 9.59 Å². The van der Waals surface area contributed by atoms with Crippen LogP contribution in [0.15, 0.2) is 29.4 Å².